The molecule has 0 aliphatic heterocycles. The Morgan fingerprint density at radius 1 is 1.15 bits per heavy atom. The van der Waals surface area contributed by atoms with Crippen LogP contribution in [-0.2, 0) is 0 Å². The molecule has 0 aliphatic carbocycles. The predicted molar refractivity (Wildman–Crippen MR) is 68.2 cm³/mol. The van der Waals surface area contributed by atoms with Crippen molar-refractivity contribution in [1.29, 1.82) is 0 Å². The molecule has 0 nitrogen and oxygen atoms in total. The third-order valence-electron chi connectivity index (χ3n) is 1.19. The zero-order chi connectivity index (χ0) is 11.6. The number of hydrogen-bond donors (Lipinski definition) is 0. The van der Waals surface area contributed by atoms with Crippen LogP contribution in [-0.4, -0.2) is 16.1 Å². The topological polar surface area (TPSA) is 0 Å². The monoisotopic (exact) mass is 211 g/mol. The van der Waals surface area contributed by atoms with Crippen molar-refractivity contribution < 1.29 is 1.37 Å². The molecule has 0 aliphatic rings. The molecular weight excluding hydrogens is 188 g/mol. The summed E-state index contributed by atoms with van der Waals surface area (Å²) >= 11 is 0. The molecule has 0 aromatic heterocycles. The molecule has 0 aromatic rings. The molecule has 13 heavy (non-hydrogen) atoms. The quantitative estimate of drug-likeness (QED) is 0.458. The van der Waals surface area contributed by atoms with E-state index in [9.17, 15) is 0 Å². The maximum absolute atomic E-state index is 7.99. The third kappa shape index (κ3) is 9.65. The fraction of sp³-hybridized carbons (Fsp3) is 0.636. The number of allylic oxidation sites excluding steroid dienone is 1. The highest BCUT2D eigenvalue weighted by Crippen LogP contribution is 2.06. The summed E-state index contributed by atoms with van der Waals surface area (Å²) in [6.07, 6.45) is 0. The molecular formula is C11H22Si2. The van der Waals surface area contributed by atoms with Crippen LogP contribution < -0.4 is 0 Å². The highest BCUT2D eigenvalue weighted by atomic mass is 28.3. The lowest BCUT2D eigenvalue weighted by molar-refractivity contribution is 1.57. The summed E-state index contributed by atoms with van der Waals surface area (Å²) in [5, 5.41) is 0. The Morgan fingerprint density at radius 3 is 1.92 bits per heavy atom. The Labute approximate surface area is 86.9 Å². The molecule has 0 rings (SSSR count). The van der Waals surface area contributed by atoms with Crippen LogP contribution in [0.2, 0.25) is 39.3 Å². The van der Waals surface area contributed by atoms with Crippen molar-refractivity contribution in [3.8, 4) is 11.5 Å². The zero-order valence-corrected chi connectivity index (χ0v) is 12.0. The van der Waals surface area contributed by atoms with Crippen molar-refractivity contribution in [2.75, 3.05) is 0 Å². The van der Waals surface area contributed by atoms with Crippen LogP contribution in [0.4, 0.5) is 0 Å². The van der Waals surface area contributed by atoms with Crippen molar-refractivity contribution in [1.82, 2.24) is 0 Å². The minimum Gasteiger partial charge on any atom is -0.127 e. The van der Waals surface area contributed by atoms with Gasteiger partial charge >= 0.3 is 0 Å². The molecule has 0 bridgehead atoms. The van der Waals surface area contributed by atoms with Gasteiger partial charge < -0.3 is 0 Å². The third-order valence-corrected chi connectivity index (χ3v) is 3.19. The Balaban J connectivity index is 4.94. The Morgan fingerprint density at radius 2 is 1.62 bits per heavy atom. The Kier molecular flexibility index (Phi) is 3.58. The fourth-order valence-corrected chi connectivity index (χ4v) is 2.62. The van der Waals surface area contributed by atoms with Crippen LogP contribution in [0.25, 0.3) is 0 Å². The molecule has 2 heteroatoms. The van der Waals surface area contributed by atoms with Gasteiger partial charge in [-0.3, -0.25) is 0 Å². The summed E-state index contributed by atoms with van der Waals surface area (Å²) in [6.45, 7) is 15.2. The number of rotatable bonds is 1. The standard InChI is InChI=1S/C11H22Si2/c1-11(10-13(5,6)7)8-9-12(2,3)4/h10H,1-7H3/b11-10+/i10D. The van der Waals surface area contributed by atoms with Gasteiger partial charge in [-0.15, -0.1) is 5.54 Å². The van der Waals surface area contributed by atoms with Crippen molar-refractivity contribution in [3.63, 3.8) is 0 Å². The number of hydrogen-bond acceptors (Lipinski definition) is 0. The first-order chi connectivity index (χ1) is 6.04. The maximum Gasteiger partial charge on any atom is 0.129 e. The molecule has 0 fully saturated rings. The molecule has 0 saturated carbocycles. The SMILES string of the molecule is [2H]/C(=C(/C)C#C[Si](C)(C)C)[Si](C)(C)C. The van der Waals surface area contributed by atoms with E-state index < -0.39 is 16.1 Å². The molecule has 0 spiro atoms. The van der Waals surface area contributed by atoms with Crippen molar-refractivity contribution in [2.24, 2.45) is 0 Å². The lowest BCUT2D eigenvalue weighted by Gasteiger charge is -2.09. The average molecular weight is 211 g/mol. The van der Waals surface area contributed by atoms with Crippen molar-refractivity contribution in [2.45, 2.75) is 46.2 Å². The zero-order valence-electron chi connectivity index (χ0n) is 11.0. The molecule has 0 heterocycles. The summed E-state index contributed by atoms with van der Waals surface area (Å²) in [5.74, 6) is 3.17. The predicted octanol–water partition coefficient (Wildman–Crippen LogP) is 3.69. The van der Waals surface area contributed by atoms with Crippen molar-refractivity contribution >= 4 is 16.1 Å². The highest BCUT2D eigenvalue weighted by molar-refractivity contribution is 6.84. The van der Waals surface area contributed by atoms with Gasteiger partial charge in [0.2, 0.25) is 0 Å². The van der Waals surface area contributed by atoms with Gasteiger partial charge in [0.15, 0.2) is 0 Å². The minimum absolute atomic E-state index is 0.795. The fourth-order valence-electron chi connectivity index (χ4n) is 0.875. The van der Waals surface area contributed by atoms with E-state index in [1.165, 1.54) is 0 Å². The lowest BCUT2D eigenvalue weighted by atomic mass is 10.4. The highest BCUT2D eigenvalue weighted by Gasteiger charge is 2.09. The van der Waals surface area contributed by atoms with E-state index in [1.54, 1.807) is 0 Å². The van der Waals surface area contributed by atoms with Gasteiger partial charge in [-0.05, 0) is 12.5 Å². The molecule has 0 saturated heterocycles. The molecule has 74 valence electrons. The second-order valence-electron chi connectivity index (χ2n) is 5.50. The van der Waals surface area contributed by atoms with E-state index >= 15 is 0 Å². The summed E-state index contributed by atoms with van der Waals surface area (Å²) in [7, 11) is -2.75. The first-order valence-corrected chi connectivity index (χ1v) is 11.8. The molecule has 0 amide bonds. The van der Waals surface area contributed by atoms with Crippen LogP contribution in [0.3, 0.4) is 0 Å². The average Bonchev–Trinajstić information content (AvgIpc) is 1.95. The van der Waals surface area contributed by atoms with Gasteiger partial charge in [-0.2, -0.15) is 0 Å². The summed E-state index contributed by atoms with van der Waals surface area (Å²) in [5.41, 5.74) is 5.08. The first kappa shape index (κ1) is 10.8. The normalized spacial score (nSPS) is 15.5. The Hall–Kier alpha value is -0.266. The second kappa shape index (κ2) is 4.30. The van der Waals surface area contributed by atoms with Crippen molar-refractivity contribution in [3.05, 3.63) is 11.2 Å². The van der Waals surface area contributed by atoms with Crippen LogP contribution in [0.5, 0.6) is 0 Å². The summed E-state index contributed by atoms with van der Waals surface area (Å²) < 4.78 is 7.99. The van der Waals surface area contributed by atoms with Gasteiger partial charge in [-0.25, -0.2) is 0 Å². The summed E-state index contributed by atoms with van der Waals surface area (Å²) in [4.78, 5) is 0. The molecule has 0 unspecified atom stereocenters. The van der Waals surface area contributed by atoms with Gasteiger partial charge in [0, 0.05) is 0 Å². The molecule has 0 aromatic carbocycles. The Bertz CT molecular complexity index is 292. The second-order valence-corrected chi connectivity index (χ2v) is 15.0. The van der Waals surface area contributed by atoms with E-state index in [-0.39, 0.29) is 0 Å². The maximum atomic E-state index is 7.99. The smallest absolute Gasteiger partial charge is 0.127 e. The van der Waals surface area contributed by atoms with Gasteiger partial charge in [-0.1, -0.05) is 50.9 Å². The van der Waals surface area contributed by atoms with E-state index in [0.29, 0.717) is 0 Å². The molecule has 0 N–H and O–H groups in total. The van der Waals surface area contributed by atoms with E-state index in [4.69, 9.17) is 1.37 Å². The molecule has 0 atom stereocenters. The van der Waals surface area contributed by atoms with Crippen LogP contribution >= 0.6 is 0 Å². The van der Waals surface area contributed by atoms with Gasteiger partial charge in [0.25, 0.3) is 0 Å². The largest absolute Gasteiger partial charge is 0.129 e. The van der Waals surface area contributed by atoms with Crippen LogP contribution in [0.1, 0.15) is 8.29 Å². The van der Waals surface area contributed by atoms with Crippen LogP contribution in [0.15, 0.2) is 11.2 Å². The van der Waals surface area contributed by atoms with Gasteiger partial charge in [0.1, 0.15) is 8.07 Å². The summed E-state index contributed by atoms with van der Waals surface area (Å²) in [6, 6.07) is 0. The van der Waals surface area contributed by atoms with Gasteiger partial charge in [0.05, 0.1) is 9.44 Å². The lowest BCUT2D eigenvalue weighted by Crippen LogP contribution is -2.17. The minimum atomic E-state index is -1.46. The first-order valence-electron chi connectivity index (χ1n) is 5.25. The van der Waals surface area contributed by atoms with E-state index in [2.05, 4.69) is 50.7 Å². The van der Waals surface area contributed by atoms with E-state index in [1.807, 2.05) is 6.92 Å². The van der Waals surface area contributed by atoms with E-state index in [0.717, 1.165) is 11.2 Å². The molecule has 0 radical (unpaired) electrons. The van der Waals surface area contributed by atoms with Crippen LogP contribution in [0, 0.1) is 11.5 Å².